The molecule has 0 bridgehead atoms. The third-order valence-electron chi connectivity index (χ3n) is 6.52. The Morgan fingerprint density at radius 3 is 2.94 bits per heavy atom. The first-order chi connectivity index (χ1) is 17.1. The summed E-state index contributed by atoms with van der Waals surface area (Å²) in [5.74, 6) is 0.887. The molecule has 1 saturated carbocycles. The molecule has 1 aliphatic carbocycles. The van der Waals surface area contributed by atoms with Crippen LogP contribution in [0.25, 0.3) is 10.5 Å². The van der Waals surface area contributed by atoms with Gasteiger partial charge in [0, 0.05) is 37.9 Å². The van der Waals surface area contributed by atoms with E-state index in [1.807, 2.05) is 12.3 Å². The Morgan fingerprint density at radius 2 is 2.17 bits per heavy atom. The molecule has 2 fully saturated rings. The molecule has 5 rings (SSSR count). The maximum absolute atomic E-state index is 13.4. The molecular weight excluding hydrogens is 446 g/mol. The minimum atomic E-state index is -0.198. The SMILES string of the molecule is [C-]#[N+]CCN1CCC[C@H](n2cccc(Nc3cc(NC)n4ncc(C(=O)NC5CC5)c4n3)c2=O)C1. The quantitative estimate of drug-likeness (QED) is 0.428. The number of hydrogen-bond donors (Lipinski definition) is 3. The van der Waals surface area contributed by atoms with Gasteiger partial charge in [0.25, 0.3) is 11.5 Å². The maximum Gasteiger partial charge on any atom is 0.274 e. The highest BCUT2D eigenvalue weighted by molar-refractivity contribution is 6.00. The number of aromatic nitrogens is 4. The van der Waals surface area contributed by atoms with Crippen LogP contribution in [0.5, 0.6) is 0 Å². The van der Waals surface area contributed by atoms with E-state index in [9.17, 15) is 9.59 Å². The van der Waals surface area contributed by atoms with Crippen molar-refractivity contribution in [2.24, 2.45) is 0 Å². The maximum atomic E-state index is 13.4. The zero-order valence-corrected chi connectivity index (χ0v) is 19.7. The molecule has 3 aromatic heterocycles. The monoisotopic (exact) mass is 475 g/mol. The Bertz CT molecular complexity index is 1330. The molecule has 0 spiro atoms. The number of anilines is 3. The number of likely N-dealkylation sites (tertiary alicyclic amines) is 1. The molecule has 0 unspecified atom stereocenters. The molecule has 3 N–H and O–H groups in total. The van der Waals surface area contributed by atoms with E-state index in [-0.39, 0.29) is 23.6 Å². The van der Waals surface area contributed by atoms with Gasteiger partial charge in [0.1, 0.15) is 22.9 Å². The van der Waals surface area contributed by atoms with Gasteiger partial charge < -0.3 is 25.4 Å². The highest BCUT2D eigenvalue weighted by Crippen LogP contribution is 2.24. The molecule has 0 radical (unpaired) electrons. The van der Waals surface area contributed by atoms with Gasteiger partial charge in [-0.2, -0.15) is 9.61 Å². The van der Waals surface area contributed by atoms with Crippen molar-refractivity contribution >= 4 is 28.9 Å². The topological polar surface area (TPSA) is 113 Å². The van der Waals surface area contributed by atoms with Gasteiger partial charge in [0.15, 0.2) is 5.65 Å². The van der Waals surface area contributed by atoms with Crippen molar-refractivity contribution < 1.29 is 4.79 Å². The van der Waals surface area contributed by atoms with Crippen molar-refractivity contribution in [3.8, 4) is 0 Å². The summed E-state index contributed by atoms with van der Waals surface area (Å²) in [5, 5.41) is 13.5. The lowest BCUT2D eigenvalue weighted by Crippen LogP contribution is -2.40. The van der Waals surface area contributed by atoms with E-state index in [0.29, 0.717) is 35.1 Å². The normalized spacial score (nSPS) is 18.2. The highest BCUT2D eigenvalue weighted by atomic mass is 16.2. The number of amides is 1. The molecule has 1 amide bonds. The number of fused-ring (bicyclic) bond motifs is 1. The molecule has 11 nitrogen and oxygen atoms in total. The van der Waals surface area contributed by atoms with Crippen LogP contribution in [0.1, 0.15) is 42.1 Å². The van der Waals surface area contributed by atoms with E-state index >= 15 is 0 Å². The van der Waals surface area contributed by atoms with Crippen molar-refractivity contribution in [2.75, 3.05) is 43.9 Å². The second-order valence-corrected chi connectivity index (χ2v) is 9.06. The van der Waals surface area contributed by atoms with Gasteiger partial charge in [-0.15, -0.1) is 0 Å². The van der Waals surface area contributed by atoms with Gasteiger partial charge in [-0.1, -0.05) is 0 Å². The molecule has 3 aromatic rings. The van der Waals surface area contributed by atoms with E-state index in [2.05, 4.69) is 35.8 Å². The number of nitrogens with one attached hydrogen (secondary N) is 3. The number of carbonyl (C=O) groups excluding carboxylic acids is 1. The van der Waals surface area contributed by atoms with E-state index in [0.717, 1.165) is 45.3 Å². The highest BCUT2D eigenvalue weighted by Gasteiger charge is 2.26. The molecule has 1 saturated heterocycles. The van der Waals surface area contributed by atoms with Crippen LogP contribution in [0.3, 0.4) is 0 Å². The Labute approximate surface area is 203 Å². The number of piperidine rings is 1. The standard InChI is InChI=1S/C24H29N9O2/c1-25-9-12-31-10-3-5-17(15-31)32-11-4-6-19(24(32)35)29-20-13-21(26-2)33-22(30-20)18(14-27-33)23(34)28-16-7-8-16/h4,6,11,13-14,16-17,26H,3,5,7-10,12,15H2,2H3,(H,28,34)(H,29,30)/t17-/m0/s1. The van der Waals surface area contributed by atoms with Crippen LogP contribution in [-0.2, 0) is 0 Å². The van der Waals surface area contributed by atoms with Gasteiger partial charge in [0.05, 0.1) is 12.7 Å². The molecule has 1 atom stereocenters. The zero-order valence-electron chi connectivity index (χ0n) is 19.7. The number of nitrogens with zero attached hydrogens (tertiary/aromatic N) is 6. The van der Waals surface area contributed by atoms with Crippen molar-refractivity contribution in [3.05, 3.63) is 57.9 Å². The fraction of sp³-hybridized carbons (Fsp3) is 0.458. The van der Waals surface area contributed by atoms with Crippen LogP contribution < -0.4 is 21.5 Å². The summed E-state index contributed by atoms with van der Waals surface area (Å²) in [6, 6.07) is 5.63. The minimum absolute atomic E-state index is 0.0552. The molecule has 2 aliphatic rings. The summed E-state index contributed by atoms with van der Waals surface area (Å²) in [6.07, 6.45) is 7.23. The largest absolute Gasteiger partial charge is 0.373 e. The van der Waals surface area contributed by atoms with Gasteiger partial charge in [0.2, 0.25) is 6.54 Å². The van der Waals surface area contributed by atoms with Crippen molar-refractivity contribution in [1.82, 2.24) is 29.4 Å². The van der Waals surface area contributed by atoms with Gasteiger partial charge in [-0.3, -0.25) is 14.5 Å². The van der Waals surface area contributed by atoms with Gasteiger partial charge in [-0.25, -0.2) is 11.6 Å². The van der Waals surface area contributed by atoms with Gasteiger partial charge in [-0.05, 0) is 44.4 Å². The smallest absolute Gasteiger partial charge is 0.274 e. The predicted molar refractivity (Wildman–Crippen MR) is 133 cm³/mol. The van der Waals surface area contributed by atoms with Crippen LogP contribution in [0.15, 0.2) is 35.4 Å². The fourth-order valence-corrected chi connectivity index (χ4v) is 4.54. The summed E-state index contributed by atoms with van der Waals surface area (Å²) >= 11 is 0. The molecule has 182 valence electrons. The first-order valence-electron chi connectivity index (χ1n) is 12.0. The van der Waals surface area contributed by atoms with Crippen LogP contribution in [0.2, 0.25) is 0 Å². The lowest BCUT2D eigenvalue weighted by atomic mass is 10.1. The molecule has 0 aromatic carbocycles. The average molecular weight is 476 g/mol. The van der Waals surface area contributed by atoms with E-state index in [1.165, 1.54) is 6.20 Å². The molecule has 1 aliphatic heterocycles. The number of rotatable bonds is 8. The third-order valence-corrected chi connectivity index (χ3v) is 6.52. The lowest BCUT2D eigenvalue weighted by Gasteiger charge is -2.32. The second kappa shape index (κ2) is 9.76. The second-order valence-electron chi connectivity index (χ2n) is 9.06. The number of pyridine rings is 1. The van der Waals surface area contributed by atoms with Crippen LogP contribution in [0.4, 0.5) is 17.3 Å². The van der Waals surface area contributed by atoms with Crippen LogP contribution >= 0.6 is 0 Å². The molecule has 35 heavy (non-hydrogen) atoms. The predicted octanol–water partition coefficient (Wildman–Crippen LogP) is 2.12. The van der Waals surface area contributed by atoms with Crippen molar-refractivity contribution in [3.63, 3.8) is 0 Å². The molecule has 4 heterocycles. The Hall–Kier alpha value is -3.91. The lowest BCUT2D eigenvalue weighted by molar-refractivity contribution is 0.0952. The van der Waals surface area contributed by atoms with Crippen LogP contribution in [-0.4, -0.2) is 69.2 Å². The molecular formula is C24H29N9O2. The summed E-state index contributed by atoms with van der Waals surface area (Å²) in [4.78, 5) is 36.4. The third kappa shape index (κ3) is 4.83. The summed E-state index contributed by atoms with van der Waals surface area (Å²) in [6.45, 7) is 9.95. The Balaban J connectivity index is 1.42. The van der Waals surface area contributed by atoms with E-state index < -0.39 is 0 Å². The number of hydrogen-bond acceptors (Lipinski definition) is 7. The summed E-state index contributed by atoms with van der Waals surface area (Å²) < 4.78 is 3.35. The summed E-state index contributed by atoms with van der Waals surface area (Å²) in [7, 11) is 1.77. The van der Waals surface area contributed by atoms with Gasteiger partial charge >= 0.3 is 0 Å². The fourth-order valence-electron chi connectivity index (χ4n) is 4.54. The average Bonchev–Trinajstić information content (AvgIpc) is 3.58. The van der Waals surface area contributed by atoms with E-state index in [1.54, 1.807) is 28.3 Å². The van der Waals surface area contributed by atoms with E-state index in [4.69, 9.17) is 6.57 Å². The first-order valence-corrected chi connectivity index (χ1v) is 12.0. The van der Waals surface area contributed by atoms with Crippen molar-refractivity contribution in [2.45, 2.75) is 37.8 Å². The first kappa shape index (κ1) is 22.9. The van der Waals surface area contributed by atoms with Crippen LogP contribution in [0, 0.1) is 6.57 Å². The minimum Gasteiger partial charge on any atom is -0.373 e. The zero-order chi connectivity index (χ0) is 24.4. The van der Waals surface area contributed by atoms with Crippen molar-refractivity contribution in [1.29, 1.82) is 0 Å². The number of carbonyl (C=O) groups is 1. The summed E-state index contributed by atoms with van der Waals surface area (Å²) in [5.41, 5.74) is 1.09. The Morgan fingerprint density at radius 1 is 1.31 bits per heavy atom. The molecule has 11 heteroatoms. The Kier molecular flexibility index (Phi) is 6.37.